The average Bonchev–Trinajstić information content (AvgIpc) is 3.32. The zero-order valence-corrected chi connectivity index (χ0v) is 12.3. The number of aromatic amines is 2. The molecule has 0 aromatic carbocycles. The molecule has 1 aliphatic rings. The molecule has 23 heavy (non-hydrogen) atoms. The van der Waals surface area contributed by atoms with Gasteiger partial charge in [0, 0.05) is 25.6 Å². The molecule has 3 aromatic rings. The predicted molar refractivity (Wildman–Crippen MR) is 77.7 cm³/mol. The lowest BCUT2D eigenvalue weighted by atomic mass is 10.1. The van der Waals surface area contributed by atoms with Gasteiger partial charge >= 0.3 is 0 Å². The number of nitrogens with zero attached hydrogens (tertiary/aromatic N) is 7. The number of hydrogen-bond acceptors (Lipinski definition) is 6. The Bertz CT molecular complexity index is 790. The van der Waals surface area contributed by atoms with E-state index in [0.29, 0.717) is 26.1 Å². The van der Waals surface area contributed by atoms with Gasteiger partial charge in [-0.1, -0.05) is 0 Å². The van der Waals surface area contributed by atoms with Crippen LogP contribution in [0, 0.1) is 0 Å². The summed E-state index contributed by atoms with van der Waals surface area (Å²) in [6, 6.07) is 0. The van der Waals surface area contributed by atoms with Gasteiger partial charge in [-0.3, -0.25) is 9.89 Å². The van der Waals surface area contributed by atoms with E-state index in [1.807, 2.05) is 4.90 Å². The van der Waals surface area contributed by atoms with E-state index in [1.54, 1.807) is 17.1 Å². The quantitative estimate of drug-likeness (QED) is 0.685. The maximum absolute atomic E-state index is 12.3. The number of H-pyrrole nitrogens is 2. The minimum atomic E-state index is 0.0885. The molecule has 10 heteroatoms. The fourth-order valence-corrected chi connectivity index (χ4v) is 2.67. The van der Waals surface area contributed by atoms with Crippen LogP contribution in [0.2, 0.25) is 0 Å². The fraction of sp³-hybridized carbons (Fsp3) is 0.385. The topological polar surface area (TPSA) is 121 Å². The Hall–Kier alpha value is -3.04. The summed E-state index contributed by atoms with van der Waals surface area (Å²) in [5, 5.41) is 17.6. The second-order valence-corrected chi connectivity index (χ2v) is 5.39. The van der Waals surface area contributed by atoms with Crippen LogP contribution < -0.4 is 0 Å². The summed E-state index contributed by atoms with van der Waals surface area (Å²) in [5.74, 6) is 0.873. The molecule has 10 nitrogen and oxygen atoms in total. The Morgan fingerprint density at radius 3 is 3.13 bits per heavy atom. The average molecular weight is 313 g/mol. The van der Waals surface area contributed by atoms with Crippen LogP contribution in [0.1, 0.15) is 17.8 Å². The highest BCUT2D eigenvalue weighted by molar-refractivity contribution is 5.76. The number of imidazole rings is 1. The summed E-state index contributed by atoms with van der Waals surface area (Å²) >= 11 is 0. The molecule has 118 valence electrons. The molecule has 0 radical (unpaired) electrons. The molecule has 1 aliphatic heterocycles. The van der Waals surface area contributed by atoms with Crippen LogP contribution in [-0.4, -0.2) is 57.7 Å². The van der Waals surface area contributed by atoms with Crippen molar-refractivity contribution in [2.45, 2.75) is 25.9 Å². The minimum Gasteiger partial charge on any atom is -0.340 e. The maximum atomic E-state index is 12.3. The molecule has 3 aromatic heterocycles. The minimum absolute atomic E-state index is 0.0885. The zero-order chi connectivity index (χ0) is 15.6. The van der Waals surface area contributed by atoms with E-state index >= 15 is 0 Å². The molecule has 0 atom stereocenters. The summed E-state index contributed by atoms with van der Waals surface area (Å²) < 4.78 is 1.56. The highest BCUT2D eigenvalue weighted by Crippen LogP contribution is 2.22. The number of aryl methyl sites for hydroxylation is 1. The lowest BCUT2D eigenvalue weighted by Gasteiger charge is -2.26. The number of aromatic nitrogens is 8. The lowest BCUT2D eigenvalue weighted by molar-refractivity contribution is -0.132. The largest absolute Gasteiger partial charge is 0.340 e. The van der Waals surface area contributed by atoms with Crippen molar-refractivity contribution < 1.29 is 4.79 Å². The molecule has 0 unspecified atom stereocenters. The SMILES string of the molecule is O=C(CCn1cnnn1)N1CCc2nc(-c3cn[nH]c3)[nH]c2C1. The molecular weight excluding hydrogens is 298 g/mol. The molecule has 0 saturated heterocycles. The smallest absolute Gasteiger partial charge is 0.224 e. The van der Waals surface area contributed by atoms with Crippen LogP contribution in [0.25, 0.3) is 11.4 Å². The zero-order valence-electron chi connectivity index (χ0n) is 12.3. The first-order valence-electron chi connectivity index (χ1n) is 7.35. The van der Waals surface area contributed by atoms with Gasteiger partial charge in [-0.2, -0.15) is 5.10 Å². The second kappa shape index (κ2) is 5.63. The van der Waals surface area contributed by atoms with Crippen LogP contribution >= 0.6 is 0 Å². The standard InChI is InChI=1S/C13H15N9O/c23-12(2-4-22-8-16-19-20-22)21-3-1-10-11(7-21)18-13(17-10)9-5-14-15-6-9/h5-6,8H,1-4,7H2,(H,14,15)(H,17,18). The summed E-state index contributed by atoms with van der Waals surface area (Å²) in [4.78, 5) is 22.0. The maximum Gasteiger partial charge on any atom is 0.224 e. The molecule has 4 rings (SSSR count). The monoisotopic (exact) mass is 313 g/mol. The van der Waals surface area contributed by atoms with Gasteiger partial charge < -0.3 is 9.88 Å². The van der Waals surface area contributed by atoms with Gasteiger partial charge in [0.05, 0.1) is 36.2 Å². The van der Waals surface area contributed by atoms with E-state index in [2.05, 4.69) is 35.7 Å². The number of tetrazole rings is 1. The fourth-order valence-electron chi connectivity index (χ4n) is 2.67. The van der Waals surface area contributed by atoms with Crippen molar-refractivity contribution in [3.8, 4) is 11.4 Å². The number of carbonyl (C=O) groups is 1. The van der Waals surface area contributed by atoms with Crippen molar-refractivity contribution >= 4 is 5.91 Å². The second-order valence-electron chi connectivity index (χ2n) is 5.39. The molecular formula is C13H15N9O. The van der Waals surface area contributed by atoms with Gasteiger partial charge in [0.15, 0.2) is 0 Å². The molecule has 0 fully saturated rings. The highest BCUT2D eigenvalue weighted by Gasteiger charge is 2.24. The van der Waals surface area contributed by atoms with Crippen molar-refractivity contribution in [1.29, 1.82) is 0 Å². The van der Waals surface area contributed by atoms with E-state index in [0.717, 1.165) is 29.2 Å². The molecule has 0 aliphatic carbocycles. The number of fused-ring (bicyclic) bond motifs is 1. The normalized spacial score (nSPS) is 14.0. The van der Waals surface area contributed by atoms with E-state index < -0.39 is 0 Å². The third-order valence-electron chi connectivity index (χ3n) is 3.90. The van der Waals surface area contributed by atoms with Gasteiger partial charge in [-0.15, -0.1) is 5.10 Å². The van der Waals surface area contributed by atoms with Crippen molar-refractivity contribution in [2.75, 3.05) is 6.54 Å². The molecule has 2 N–H and O–H groups in total. The lowest BCUT2D eigenvalue weighted by Crippen LogP contribution is -2.36. The first-order valence-corrected chi connectivity index (χ1v) is 7.35. The van der Waals surface area contributed by atoms with E-state index in [9.17, 15) is 4.79 Å². The molecule has 0 spiro atoms. The molecule has 0 bridgehead atoms. The Balaban J connectivity index is 1.43. The van der Waals surface area contributed by atoms with E-state index in [1.165, 1.54) is 6.33 Å². The Labute approximate surface area is 130 Å². The number of amides is 1. The third-order valence-corrected chi connectivity index (χ3v) is 3.90. The van der Waals surface area contributed by atoms with Gasteiger partial charge in [-0.25, -0.2) is 9.67 Å². The predicted octanol–water partition coefficient (Wildman–Crippen LogP) is -0.239. The molecule has 4 heterocycles. The number of hydrogen-bond donors (Lipinski definition) is 2. The summed E-state index contributed by atoms with van der Waals surface area (Å²) in [6.45, 7) is 1.71. The van der Waals surface area contributed by atoms with Crippen molar-refractivity contribution in [2.24, 2.45) is 0 Å². The Kier molecular flexibility index (Phi) is 3.33. The third kappa shape index (κ3) is 2.70. The number of nitrogens with one attached hydrogen (secondary N) is 2. The molecule has 0 saturated carbocycles. The highest BCUT2D eigenvalue weighted by atomic mass is 16.2. The van der Waals surface area contributed by atoms with Crippen LogP contribution in [0.4, 0.5) is 0 Å². The molecule has 1 amide bonds. The van der Waals surface area contributed by atoms with Gasteiger partial charge in [0.2, 0.25) is 5.91 Å². The van der Waals surface area contributed by atoms with Crippen LogP contribution in [0.15, 0.2) is 18.7 Å². The van der Waals surface area contributed by atoms with E-state index in [-0.39, 0.29) is 5.91 Å². The van der Waals surface area contributed by atoms with Crippen LogP contribution in [-0.2, 0) is 24.3 Å². The van der Waals surface area contributed by atoms with Crippen LogP contribution in [0.3, 0.4) is 0 Å². The van der Waals surface area contributed by atoms with Crippen molar-refractivity contribution in [3.63, 3.8) is 0 Å². The Morgan fingerprint density at radius 2 is 2.35 bits per heavy atom. The van der Waals surface area contributed by atoms with Crippen molar-refractivity contribution in [1.82, 2.24) is 45.3 Å². The number of rotatable bonds is 4. The number of carbonyl (C=O) groups excluding carboxylic acids is 1. The summed E-state index contributed by atoms with van der Waals surface area (Å²) in [7, 11) is 0. The first kappa shape index (κ1) is 13.6. The van der Waals surface area contributed by atoms with Gasteiger partial charge in [-0.05, 0) is 10.4 Å². The van der Waals surface area contributed by atoms with Crippen LogP contribution in [0.5, 0.6) is 0 Å². The van der Waals surface area contributed by atoms with E-state index in [4.69, 9.17) is 0 Å². The van der Waals surface area contributed by atoms with Crippen molar-refractivity contribution in [3.05, 3.63) is 30.1 Å². The summed E-state index contributed by atoms with van der Waals surface area (Å²) in [6.07, 6.45) is 6.15. The Morgan fingerprint density at radius 1 is 1.39 bits per heavy atom. The summed E-state index contributed by atoms with van der Waals surface area (Å²) in [5.41, 5.74) is 2.92. The van der Waals surface area contributed by atoms with Gasteiger partial charge in [0.25, 0.3) is 0 Å². The van der Waals surface area contributed by atoms with Gasteiger partial charge in [0.1, 0.15) is 12.2 Å². The first-order chi connectivity index (χ1) is 11.3.